The molecule has 0 amide bonds. The van der Waals surface area contributed by atoms with Gasteiger partial charge in [-0.25, -0.2) is 0 Å². The maximum Gasteiger partial charge on any atom is 0.121 e. The Morgan fingerprint density at radius 1 is 0.636 bits per heavy atom. The van der Waals surface area contributed by atoms with Crippen LogP contribution in [0.5, 0.6) is 0 Å². The summed E-state index contributed by atoms with van der Waals surface area (Å²) in [6.07, 6.45) is 2.02. The first kappa shape index (κ1) is 41.0. The number of para-hydroxylation sites is 1. The van der Waals surface area contributed by atoms with Crippen LogP contribution in [0.1, 0.15) is 60.3 Å². The van der Waals surface area contributed by atoms with Gasteiger partial charge >= 0.3 is 0 Å². The van der Waals surface area contributed by atoms with Crippen LogP contribution < -0.4 is 5.19 Å². The maximum atomic E-state index is 8.65. The number of hydrogen-bond acceptors (Lipinski definition) is 3. The summed E-state index contributed by atoms with van der Waals surface area (Å²) in [5.41, 5.74) is 11.1. The van der Waals surface area contributed by atoms with Crippen LogP contribution in [0.25, 0.3) is 94.0 Å². The Bertz CT molecular complexity index is 3620. The molecule has 0 aliphatic carbocycles. The third-order valence-corrected chi connectivity index (χ3v) is 14.6. The summed E-state index contributed by atoms with van der Waals surface area (Å²) in [5, 5.41) is 8.02. The van der Waals surface area contributed by atoms with Crippen LogP contribution in [0, 0.1) is 19.0 Å². The third-order valence-electron chi connectivity index (χ3n) is 12.6. The number of pyridine rings is 1. The summed E-state index contributed by atoms with van der Waals surface area (Å²) < 4.78 is 34.8. The number of rotatable bonds is 7. The van der Waals surface area contributed by atoms with Crippen LogP contribution in [0.2, 0.25) is 19.6 Å². The van der Waals surface area contributed by atoms with Crippen molar-refractivity contribution in [2.75, 3.05) is 0 Å². The second-order valence-electron chi connectivity index (χ2n) is 18.6. The quantitative estimate of drug-likeness (QED) is 0.0908. The Labute approximate surface area is 407 Å². The molecule has 0 aliphatic heterocycles. The standard InChI is InChI=1S/C46H37N2O.C14H16NSi.Ir/c1-27(2)37-23-33(30-14-7-6-8-15-30)24-38(28(3)4)44(37)48-43-29(5)13-11-20-41(43)47-46(48)36-19-12-18-35-40-26-39-32(25-42(40)49-45(35)36)22-21-31-16-9-10-17-34(31)39;1-16(2,3)13-9-10-14(15-11-13)12-7-5-4-6-8-12;/h6-18,20-28H,1-5H3;4-7,9-11H,1-3H3;/q2*-1;/i5D3;;. The largest absolute Gasteiger partial charge is 0.501 e. The zero-order valence-electron chi connectivity index (χ0n) is 41.3. The molecule has 0 fully saturated rings. The smallest absolute Gasteiger partial charge is 0.121 e. The minimum Gasteiger partial charge on any atom is -0.501 e. The average Bonchev–Trinajstić information content (AvgIpc) is 3.91. The van der Waals surface area contributed by atoms with E-state index in [0.717, 1.165) is 60.9 Å². The van der Waals surface area contributed by atoms with Gasteiger partial charge in [0.25, 0.3) is 0 Å². The Morgan fingerprint density at radius 3 is 2.08 bits per heavy atom. The van der Waals surface area contributed by atoms with Crippen molar-refractivity contribution in [3.63, 3.8) is 0 Å². The summed E-state index contributed by atoms with van der Waals surface area (Å²) in [7, 11) is -1.23. The van der Waals surface area contributed by atoms with Gasteiger partial charge in [0.05, 0.1) is 30.5 Å². The van der Waals surface area contributed by atoms with Crippen molar-refractivity contribution >= 4 is 67.8 Å². The number of nitrogens with zero attached hydrogens (tertiary/aromatic N) is 3. The molecule has 0 atom stereocenters. The second kappa shape index (κ2) is 18.1. The number of aryl methyl sites for hydroxylation is 1. The van der Waals surface area contributed by atoms with Gasteiger partial charge in [0.1, 0.15) is 5.58 Å². The first-order chi connectivity index (χ1) is 32.7. The van der Waals surface area contributed by atoms with Gasteiger partial charge in [0.15, 0.2) is 0 Å². The number of fused-ring (bicyclic) bond motifs is 7. The monoisotopic (exact) mass is 1060 g/mol. The topological polar surface area (TPSA) is 43.9 Å². The van der Waals surface area contributed by atoms with Gasteiger partial charge in [0, 0.05) is 41.5 Å². The fourth-order valence-corrected chi connectivity index (χ4v) is 10.1. The molecular formula is C60H53IrN3OSi-2. The van der Waals surface area contributed by atoms with Crippen molar-refractivity contribution in [1.82, 2.24) is 14.5 Å². The van der Waals surface area contributed by atoms with Crippen LogP contribution >= 0.6 is 0 Å². The third kappa shape index (κ3) is 8.23. The molecule has 6 heteroatoms. The van der Waals surface area contributed by atoms with Gasteiger partial charge in [-0.1, -0.05) is 149 Å². The number of aromatic nitrogens is 3. The predicted molar refractivity (Wildman–Crippen MR) is 277 cm³/mol. The van der Waals surface area contributed by atoms with Crippen LogP contribution in [-0.2, 0) is 20.1 Å². The van der Waals surface area contributed by atoms with E-state index < -0.39 is 14.9 Å². The SMILES string of the molecule is C[Si](C)(C)c1ccc(-c2[c-]cccc2)nc1.[2H]C([2H])([2H])c1cccc2nc(-c3[c-]ccc4c3oc3cc5ccc6ccccc6c5cc34)n(-c3c(C(C)C)cc(-c4ccccc4)cc3C(C)C)c12.[Ir]. The summed E-state index contributed by atoms with van der Waals surface area (Å²) in [6, 6.07) is 60.4. The number of benzene rings is 8. The molecule has 66 heavy (non-hydrogen) atoms. The van der Waals surface area contributed by atoms with Gasteiger partial charge in [-0.3, -0.25) is 4.98 Å². The molecule has 11 aromatic rings. The Morgan fingerprint density at radius 2 is 1.38 bits per heavy atom. The Hall–Kier alpha value is -6.43. The molecule has 3 heterocycles. The molecule has 3 aromatic heterocycles. The van der Waals surface area contributed by atoms with Crippen LogP contribution in [0.15, 0.2) is 168 Å². The minimum absolute atomic E-state index is 0. The molecule has 0 bridgehead atoms. The van der Waals surface area contributed by atoms with Gasteiger partial charge < -0.3 is 14.0 Å². The van der Waals surface area contributed by atoms with Crippen LogP contribution in [0.3, 0.4) is 0 Å². The molecular weight excluding hydrogens is 999 g/mol. The minimum atomic E-state index is -2.37. The molecule has 4 nitrogen and oxygen atoms in total. The van der Waals surface area contributed by atoms with Crippen molar-refractivity contribution < 1.29 is 28.6 Å². The maximum absolute atomic E-state index is 8.65. The van der Waals surface area contributed by atoms with Crippen LogP contribution in [0.4, 0.5) is 0 Å². The van der Waals surface area contributed by atoms with E-state index in [1.165, 1.54) is 21.3 Å². The van der Waals surface area contributed by atoms with E-state index in [1.54, 1.807) is 12.1 Å². The summed E-state index contributed by atoms with van der Waals surface area (Å²) in [4.78, 5) is 9.77. The average molecular weight is 1060 g/mol. The molecule has 0 saturated heterocycles. The molecule has 8 aromatic carbocycles. The summed E-state index contributed by atoms with van der Waals surface area (Å²) in [5.74, 6) is 0.840. The van der Waals surface area contributed by atoms with E-state index in [2.05, 4.69) is 172 Å². The second-order valence-corrected chi connectivity index (χ2v) is 23.7. The summed E-state index contributed by atoms with van der Waals surface area (Å²) >= 11 is 0. The normalized spacial score (nSPS) is 12.7. The van der Waals surface area contributed by atoms with Crippen molar-refractivity contribution in [1.29, 1.82) is 0 Å². The van der Waals surface area contributed by atoms with Crippen molar-refractivity contribution in [2.45, 2.75) is 66.0 Å². The molecule has 1 radical (unpaired) electrons. The number of hydrogen-bond donors (Lipinski definition) is 0. The van der Waals surface area contributed by atoms with E-state index in [-0.39, 0.29) is 37.5 Å². The predicted octanol–water partition coefficient (Wildman–Crippen LogP) is 16.0. The number of furan rings is 1. The zero-order chi connectivity index (χ0) is 47.5. The van der Waals surface area contributed by atoms with E-state index in [1.807, 2.05) is 48.7 Å². The molecule has 0 N–H and O–H groups in total. The van der Waals surface area contributed by atoms with Crippen LogP contribution in [-0.4, -0.2) is 22.6 Å². The van der Waals surface area contributed by atoms with Crippen molar-refractivity contribution in [2.24, 2.45) is 0 Å². The van der Waals surface area contributed by atoms with E-state index in [0.29, 0.717) is 28.0 Å². The fraction of sp³-hybridized carbons (Fsp3) is 0.167. The van der Waals surface area contributed by atoms with Gasteiger partial charge in [-0.15, -0.1) is 54.1 Å². The molecule has 0 saturated carbocycles. The van der Waals surface area contributed by atoms with E-state index in [9.17, 15) is 0 Å². The molecule has 0 spiro atoms. The summed E-state index contributed by atoms with van der Waals surface area (Å²) in [6.45, 7) is 13.4. The Kier molecular flexibility index (Phi) is 11.2. The molecule has 11 rings (SSSR count). The number of imidazole rings is 1. The van der Waals surface area contributed by atoms with Gasteiger partial charge in [-0.2, -0.15) is 0 Å². The zero-order valence-corrected chi connectivity index (χ0v) is 41.7. The first-order valence-electron chi connectivity index (χ1n) is 24.0. The van der Waals surface area contributed by atoms with Gasteiger partial charge in [0.2, 0.25) is 0 Å². The fourth-order valence-electron chi connectivity index (χ4n) is 9.08. The van der Waals surface area contributed by atoms with Crippen molar-refractivity contribution in [3.8, 4) is 39.5 Å². The molecule has 329 valence electrons. The first-order valence-corrected chi connectivity index (χ1v) is 26.0. The van der Waals surface area contributed by atoms with E-state index >= 15 is 0 Å². The van der Waals surface area contributed by atoms with Crippen molar-refractivity contribution in [3.05, 3.63) is 193 Å². The Balaban J connectivity index is 0.000000296. The molecule has 0 unspecified atom stereocenters. The van der Waals surface area contributed by atoms with E-state index in [4.69, 9.17) is 13.5 Å². The molecule has 0 aliphatic rings. The van der Waals surface area contributed by atoms with Gasteiger partial charge in [-0.05, 0) is 109 Å².